The average Bonchev–Trinajstić information content (AvgIpc) is 3.25. The summed E-state index contributed by atoms with van der Waals surface area (Å²) in [5.74, 6) is 2.65. The molecule has 1 aliphatic heterocycles. The molecule has 0 saturated carbocycles. The minimum atomic E-state index is 0.639. The number of rotatable bonds is 10. The highest BCUT2D eigenvalue weighted by molar-refractivity contribution is 5.79. The van der Waals surface area contributed by atoms with Crippen LogP contribution in [-0.2, 0) is 24.2 Å². The number of nitrogens with zero attached hydrogens (tertiary/aromatic N) is 5. The number of benzene rings is 1. The molecule has 1 aromatic heterocycles. The van der Waals surface area contributed by atoms with Crippen LogP contribution in [0.15, 0.2) is 35.6 Å². The Morgan fingerprint density at radius 3 is 2.83 bits per heavy atom. The van der Waals surface area contributed by atoms with Crippen molar-refractivity contribution in [2.24, 2.45) is 4.99 Å². The van der Waals surface area contributed by atoms with Crippen molar-refractivity contribution in [2.45, 2.75) is 26.4 Å². The van der Waals surface area contributed by atoms with E-state index in [2.05, 4.69) is 48.3 Å². The van der Waals surface area contributed by atoms with Gasteiger partial charge >= 0.3 is 0 Å². The Bertz CT molecular complexity index is 787. The van der Waals surface area contributed by atoms with Crippen LogP contribution in [0.25, 0.3) is 0 Å². The van der Waals surface area contributed by atoms with Gasteiger partial charge in [0.1, 0.15) is 24.5 Å². The summed E-state index contributed by atoms with van der Waals surface area (Å²) in [5.41, 5.74) is 1.11. The number of hydrogen-bond donors (Lipinski definition) is 2. The molecule has 1 aromatic carbocycles. The van der Waals surface area contributed by atoms with Gasteiger partial charge in [0.05, 0.1) is 13.2 Å². The normalized spacial score (nSPS) is 15.2. The van der Waals surface area contributed by atoms with Crippen LogP contribution in [0.4, 0.5) is 0 Å². The zero-order valence-corrected chi connectivity index (χ0v) is 18.0. The Balaban J connectivity index is 1.43. The van der Waals surface area contributed by atoms with E-state index in [9.17, 15) is 0 Å². The number of guanidine groups is 1. The molecule has 0 aliphatic carbocycles. The van der Waals surface area contributed by atoms with E-state index >= 15 is 0 Å². The maximum absolute atomic E-state index is 6.06. The number of aromatic nitrogens is 3. The van der Waals surface area contributed by atoms with Crippen LogP contribution in [0.2, 0.25) is 0 Å². The number of ether oxygens (including phenoxy) is 2. The SMILES string of the molecule is CCc1nncn1CCNC(=NC)NCc1ccccc1OCCN1CCOCC1. The van der Waals surface area contributed by atoms with E-state index in [-0.39, 0.29) is 0 Å². The first kappa shape index (κ1) is 22.0. The van der Waals surface area contributed by atoms with E-state index in [0.717, 1.165) is 75.5 Å². The van der Waals surface area contributed by atoms with Crippen LogP contribution in [0, 0.1) is 0 Å². The predicted octanol–water partition coefficient (Wildman–Crippen LogP) is 0.917. The molecular formula is C21H33N7O2. The molecule has 3 rings (SSSR count). The topological polar surface area (TPSA) is 88.8 Å². The van der Waals surface area contributed by atoms with Crippen LogP contribution in [0.5, 0.6) is 5.75 Å². The average molecular weight is 416 g/mol. The molecule has 0 spiro atoms. The first-order chi connectivity index (χ1) is 14.8. The van der Waals surface area contributed by atoms with E-state index in [1.165, 1.54) is 0 Å². The highest BCUT2D eigenvalue weighted by Crippen LogP contribution is 2.17. The Hall–Kier alpha value is -2.65. The molecule has 30 heavy (non-hydrogen) atoms. The number of para-hydroxylation sites is 1. The standard InChI is InChI=1S/C21H33N7O2/c1-3-20-26-25-17-28(20)9-8-23-21(22-2)24-16-18-6-4-5-7-19(18)30-15-12-27-10-13-29-14-11-27/h4-7,17H,3,8-16H2,1-2H3,(H2,22,23,24). The predicted molar refractivity (Wildman–Crippen MR) is 117 cm³/mol. The van der Waals surface area contributed by atoms with Crippen molar-refractivity contribution in [3.8, 4) is 5.75 Å². The fourth-order valence-corrected chi connectivity index (χ4v) is 3.33. The van der Waals surface area contributed by atoms with Gasteiger partial charge in [0.2, 0.25) is 0 Å². The second kappa shape index (κ2) is 12.1. The van der Waals surface area contributed by atoms with E-state index in [1.807, 2.05) is 18.2 Å². The molecule has 0 amide bonds. The second-order valence-electron chi connectivity index (χ2n) is 7.06. The minimum absolute atomic E-state index is 0.639. The van der Waals surface area contributed by atoms with Gasteiger partial charge in [0.25, 0.3) is 0 Å². The molecular weight excluding hydrogens is 382 g/mol. The molecule has 0 bridgehead atoms. The van der Waals surface area contributed by atoms with Crippen molar-refractivity contribution in [1.82, 2.24) is 30.3 Å². The lowest BCUT2D eigenvalue weighted by atomic mass is 10.2. The molecule has 164 valence electrons. The van der Waals surface area contributed by atoms with Gasteiger partial charge in [0.15, 0.2) is 5.96 Å². The van der Waals surface area contributed by atoms with Crippen molar-refractivity contribution in [2.75, 3.05) is 53.0 Å². The number of morpholine rings is 1. The Morgan fingerprint density at radius 1 is 1.20 bits per heavy atom. The van der Waals surface area contributed by atoms with Gasteiger partial charge in [-0.1, -0.05) is 25.1 Å². The Morgan fingerprint density at radius 2 is 2.03 bits per heavy atom. The third-order valence-corrected chi connectivity index (χ3v) is 5.07. The van der Waals surface area contributed by atoms with Gasteiger partial charge in [-0.05, 0) is 6.07 Å². The summed E-state index contributed by atoms with van der Waals surface area (Å²) in [6.07, 6.45) is 2.64. The molecule has 9 nitrogen and oxygen atoms in total. The smallest absolute Gasteiger partial charge is 0.191 e. The molecule has 1 aliphatic rings. The van der Waals surface area contributed by atoms with Crippen LogP contribution in [0.1, 0.15) is 18.3 Å². The van der Waals surface area contributed by atoms with Crippen molar-refractivity contribution < 1.29 is 9.47 Å². The lowest BCUT2D eigenvalue weighted by Crippen LogP contribution is -2.39. The summed E-state index contributed by atoms with van der Waals surface area (Å²) in [6.45, 7) is 9.40. The van der Waals surface area contributed by atoms with Gasteiger partial charge < -0.3 is 24.7 Å². The zero-order chi connectivity index (χ0) is 21.0. The van der Waals surface area contributed by atoms with Crippen LogP contribution in [-0.4, -0.2) is 78.7 Å². The molecule has 1 fully saturated rings. The first-order valence-electron chi connectivity index (χ1n) is 10.6. The molecule has 2 aromatic rings. The van der Waals surface area contributed by atoms with Crippen molar-refractivity contribution >= 4 is 5.96 Å². The number of nitrogens with one attached hydrogen (secondary N) is 2. The highest BCUT2D eigenvalue weighted by atomic mass is 16.5. The molecule has 0 atom stereocenters. The van der Waals surface area contributed by atoms with Gasteiger partial charge in [-0.25, -0.2) is 0 Å². The summed E-state index contributed by atoms with van der Waals surface area (Å²) in [7, 11) is 1.77. The molecule has 2 N–H and O–H groups in total. The van der Waals surface area contributed by atoms with Gasteiger partial charge in [-0.2, -0.15) is 0 Å². The van der Waals surface area contributed by atoms with E-state index < -0.39 is 0 Å². The largest absolute Gasteiger partial charge is 0.492 e. The third kappa shape index (κ3) is 6.70. The lowest BCUT2D eigenvalue weighted by Gasteiger charge is -2.26. The van der Waals surface area contributed by atoms with E-state index in [4.69, 9.17) is 9.47 Å². The maximum atomic E-state index is 6.06. The summed E-state index contributed by atoms with van der Waals surface area (Å²) in [4.78, 5) is 6.68. The van der Waals surface area contributed by atoms with Gasteiger partial charge in [-0.3, -0.25) is 9.89 Å². The van der Waals surface area contributed by atoms with Crippen LogP contribution < -0.4 is 15.4 Å². The highest BCUT2D eigenvalue weighted by Gasteiger charge is 2.11. The monoisotopic (exact) mass is 415 g/mol. The maximum Gasteiger partial charge on any atom is 0.191 e. The van der Waals surface area contributed by atoms with Gasteiger partial charge in [-0.15, -0.1) is 10.2 Å². The van der Waals surface area contributed by atoms with E-state index in [1.54, 1.807) is 13.4 Å². The Labute approximate surface area is 178 Å². The summed E-state index contributed by atoms with van der Waals surface area (Å²) in [5, 5.41) is 14.8. The van der Waals surface area contributed by atoms with Crippen molar-refractivity contribution in [3.05, 3.63) is 42.0 Å². The quantitative estimate of drug-likeness (QED) is 0.441. The minimum Gasteiger partial charge on any atom is -0.492 e. The fraction of sp³-hybridized carbons (Fsp3) is 0.571. The third-order valence-electron chi connectivity index (χ3n) is 5.07. The van der Waals surface area contributed by atoms with Gasteiger partial charge in [0, 0.05) is 58.3 Å². The molecule has 0 radical (unpaired) electrons. The molecule has 1 saturated heterocycles. The van der Waals surface area contributed by atoms with Crippen LogP contribution >= 0.6 is 0 Å². The fourth-order valence-electron chi connectivity index (χ4n) is 3.33. The second-order valence-corrected chi connectivity index (χ2v) is 7.06. The molecule has 2 heterocycles. The number of aryl methyl sites for hydroxylation is 1. The van der Waals surface area contributed by atoms with Crippen molar-refractivity contribution in [3.63, 3.8) is 0 Å². The summed E-state index contributed by atoms with van der Waals surface area (Å²) >= 11 is 0. The van der Waals surface area contributed by atoms with E-state index in [0.29, 0.717) is 13.2 Å². The van der Waals surface area contributed by atoms with Crippen molar-refractivity contribution in [1.29, 1.82) is 0 Å². The first-order valence-corrected chi connectivity index (χ1v) is 10.6. The zero-order valence-electron chi connectivity index (χ0n) is 18.0. The summed E-state index contributed by atoms with van der Waals surface area (Å²) < 4.78 is 13.5. The number of hydrogen-bond acceptors (Lipinski definition) is 6. The molecule has 0 unspecified atom stereocenters. The number of aliphatic imine (C=N–C) groups is 1. The van der Waals surface area contributed by atoms with Crippen LogP contribution in [0.3, 0.4) is 0 Å². The molecule has 9 heteroatoms. The summed E-state index contributed by atoms with van der Waals surface area (Å²) in [6, 6.07) is 8.13. The lowest BCUT2D eigenvalue weighted by molar-refractivity contribution is 0.0322. The Kier molecular flexibility index (Phi) is 8.92.